The molecule has 226 valence electrons. The highest BCUT2D eigenvalue weighted by molar-refractivity contribution is 6.02. The molecule has 10 fully saturated rings. The lowest BCUT2D eigenvalue weighted by molar-refractivity contribution is -0.132. The molecule has 0 radical (unpaired) electrons. The number of ether oxygens (including phenoxy) is 2. The van der Waals surface area contributed by atoms with Crippen molar-refractivity contribution in [3.05, 3.63) is 0 Å². The predicted octanol–water partition coefficient (Wildman–Crippen LogP) is 4.08. The van der Waals surface area contributed by atoms with Gasteiger partial charge in [0.1, 0.15) is 0 Å². The maximum atomic E-state index is 11.9. The van der Waals surface area contributed by atoms with Gasteiger partial charge in [-0.3, -0.25) is 20.2 Å². The number of nitrogens with one attached hydrogen (secondary N) is 2. The van der Waals surface area contributed by atoms with Crippen molar-refractivity contribution in [2.45, 2.75) is 134 Å². The molecule has 2 saturated heterocycles. The van der Waals surface area contributed by atoms with Gasteiger partial charge in [-0.1, -0.05) is 27.7 Å². The summed E-state index contributed by atoms with van der Waals surface area (Å²) in [4.78, 5) is 33.5. The number of rotatable bonds is 4. The molecule has 10 rings (SSSR count). The summed E-state index contributed by atoms with van der Waals surface area (Å²) in [6.07, 6.45) is 12.9. The molecule has 10 aliphatic rings. The molecule has 9 heteroatoms. The van der Waals surface area contributed by atoms with Crippen LogP contribution >= 0.6 is 0 Å². The molecule has 8 saturated carbocycles. The summed E-state index contributed by atoms with van der Waals surface area (Å²) in [5.41, 5.74) is -0.676. The van der Waals surface area contributed by atoms with Crippen molar-refractivity contribution in [1.82, 2.24) is 10.6 Å². The van der Waals surface area contributed by atoms with Crippen LogP contribution in [0.2, 0.25) is 0 Å². The van der Waals surface area contributed by atoms with E-state index in [0.29, 0.717) is 23.9 Å². The van der Waals surface area contributed by atoms with E-state index in [2.05, 4.69) is 10.6 Å². The first-order valence-electron chi connectivity index (χ1n) is 16.3. The molecule has 8 aliphatic carbocycles. The fourth-order valence-electron chi connectivity index (χ4n) is 10.7. The molecule has 8 bridgehead atoms. The van der Waals surface area contributed by atoms with Gasteiger partial charge in [-0.25, -0.2) is 9.98 Å². The molecule has 0 aromatic heterocycles. The molecule has 0 aromatic rings. The Bertz CT molecular complexity index is 1110. The Kier molecular flexibility index (Phi) is 6.53. The monoisotopic (exact) mass is 568 g/mol. The van der Waals surface area contributed by atoms with E-state index < -0.39 is 11.7 Å². The third kappa shape index (κ3) is 5.18. The van der Waals surface area contributed by atoms with E-state index in [4.69, 9.17) is 19.5 Å². The quantitative estimate of drug-likeness (QED) is 0.472. The fourth-order valence-corrected chi connectivity index (χ4v) is 10.7. The number of amidine groups is 2. The molecular weight excluding hydrogens is 520 g/mol. The Morgan fingerprint density at radius 3 is 1.44 bits per heavy atom. The fraction of sp³-hybridized carbons (Fsp3) is 0.875. The zero-order chi connectivity index (χ0) is 28.7. The van der Waals surface area contributed by atoms with E-state index in [1.807, 2.05) is 27.7 Å². The second-order valence-corrected chi connectivity index (χ2v) is 15.9. The number of hydrogen-bond acceptors (Lipinski definition) is 7. The molecule has 0 spiro atoms. The molecule has 4 unspecified atom stereocenters. The SMILES string of the molecule is CC(C)C1OC(=NC23CC4CC(CC(C4)C2)C3)NC1=O.CC(C)C1OC(=NC23CC4CC(CC(O)(C4)C2)C3)NC1=O. The second-order valence-electron chi connectivity index (χ2n) is 15.9. The lowest BCUT2D eigenvalue weighted by atomic mass is 9.51. The van der Waals surface area contributed by atoms with E-state index in [1.165, 1.54) is 44.9 Å². The van der Waals surface area contributed by atoms with Gasteiger partial charge in [-0.2, -0.15) is 0 Å². The van der Waals surface area contributed by atoms with Gasteiger partial charge in [-0.15, -0.1) is 0 Å². The number of amides is 2. The summed E-state index contributed by atoms with van der Waals surface area (Å²) >= 11 is 0. The Morgan fingerprint density at radius 2 is 1.05 bits per heavy atom. The average molecular weight is 569 g/mol. The lowest BCUT2D eigenvalue weighted by Gasteiger charge is -2.58. The summed E-state index contributed by atoms with van der Waals surface area (Å²) in [6, 6.07) is 0.875. The van der Waals surface area contributed by atoms with Gasteiger partial charge >= 0.3 is 0 Å². The number of carbonyl (C=O) groups is 2. The Hall–Kier alpha value is -2.16. The van der Waals surface area contributed by atoms with Crippen LogP contribution in [0.25, 0.3) is 0 Å². The lowest BCUT2D eigenvalue weighted by Crippen LogP contribution is -2.58. The molecule has 3 N–H and O–H groups in total. The number of aliphatic imine (C=N–C) groups is 2. The number of hydrogen-bond donors (Lipinski definition) is 3. The second kappa shape index (κ2) is 9.68. The molecule has 2 heterocycles. The topological polar surface area (TPSA) is 122 Å². The predicted molar refractivity (Wildman–Crippen MR) is 154 cm³/mol. The van der Waals surface area contributed by atoms with Crippen molar-refractivity contribution in [1.29, 1.82) is 0 Å². The van der Waals surface area contributed by atoms with Crippen molar-refractivity contribution in [3.8, 4) is 0 Å². The third-order valence-corrected chi connectivity index (χ3v) is 11.3. The molecular formula is C32H48N4O5. The van der Waals surface area contributed by atoms with Crippen LogP contribution in [-0.4, -0.2) is 57.9 Å². The van der Waals surface area contributed by atoms with Gasteiger partial charge in [0.25, 0.3) is 23.9 Å². The zero-order valence-corrected chi connectivity index (χ0v) is 25.2. The van der Waals surface area contributed by atoms with Crippen molar-refractivity contribution >= 4 is 23.9 Å². The maximum absolute atomic E-state index is 11.9. The zero-order valence-electron chi connectivity index (χ0n) is 25.2. The number of aliphatic hydroxyl groups is 1. The van der Waals surface area contributed by atoms with Crippen molar-refractivity contribution in [3.63, 3.8) is 0 Å². The maximum Gasteiger partial charge on any atom is 0.292 e. The minimum absolute atomic E-state index is 0.0246. The van der Waals surface area contributed by atoms with Crippen LogP contribution in [0.15, 0.2) is 9.98 Å². The summed E-state index contributed by atoms with van der Waals surface area (Å²) < 4.78 is 11.5. The van der Waals surface area contributed by atoms with Gasteiger partial charge < -0.3 is 14.6 Å². The van der Waals surface area contributed by atoms with Gasteiger partial charge in [0, 0.05) is 6.42 Å². The minimum atomic E-state index is -0.534. The minimum Gasteiger partial charge on any atom is -0.451 e. The Labute approximate surface area is 243 Å². The summed E-state index contributed by atoms with van der Waals surface area (Å²) in [6.45, 7) is 7.97. The van der Waals surface area contributed by atoms with E-state index in [9.17, 15) is 14.7 Å². The number of nitrogens with zero attached hydrogens (tertiary/aromatic N) is 2. The Morgan fingerprint density at radius 1 is 0.659 bits per heavy atom. The molecule has 41 heavy (non-hydrogen) atoms. The van der Waals surface area contributed by atoms with E-state index >= 15 is 0 Å². The molecule has 0 aromatic carbocycles. The van der Waals surface area contributed by atoms with Crippen molar-refractivity contribution in [2.75, 3.05) is 0 Å². The average Bonchev–Trinajstić information content (AvgIpc) is 3.37. The first kappa shape index (κ1) is 27.7. The molecule has 2 amide bonds. The van der Waals surface area contributed by atoms with Crippen LogP contribution in [0.3, 0.4) is 0 Å². The van der Waals surface area contributed by atoms with Gasteiger partial charge in [0.2, 0.25) is 0 Å². The highest BCUT2D eigenvalue weighted by Crippen LogP contribution is 2.59. The highest BCUT2D eigenvalue weighted by Gasteiger charge is 2.58. The van der Waals surface area contributed by atoms with Gasteiger partial charge in [-0.05, 0) is 112 Å². The van der Waals surface area contributed by atoms with Crippen LogP contribution in [0.1, 0.15) is 105 Å². The third-order valence-electron chi connectivity index (χ3n) is 11.3. The normalized spacial score (nSPS) is 48.9. The first-order chi connectivity index (χ1) is 19.4. The molecule has 9 nitrogen and oxygen atoms in total. The van der Waals surface area contributed by atoms with E-state index in [0.717, 1.165) is 49.9 Å². The standard InChI is InChI=1S/C16H24N2O3.C16H24N2O2/c1-9(2)12-13(19)17-14(21-12)18-15-4-10-3-11(5-15)7-16(20,6-10)8-15;1-9(2)13-14(19)17-15(20-13)18-16-6-10-3-11(7-16)5-12(4-10)8-16/h9-12,20H,3-8H2,1-2H3,(H,17,18,19);9-13H,3-8H2,1-2H3,(H,17,18,19). The molecule has 2 aliphatic heterocycles. The summed E-state index contributed by atoms with van der Waals surface area (Å²) in [5.74, 6) is 3.97. The van der Waals surface area contributed by atoms with Crippen molar-refractivity contribution in [2.24, 2.45) is 51.4 Å². The van der Waals surface area contributed by atoms with Crippen molar-refractivity contribution < 1.29 is 24.2 Å². The largest absolute Gasteiger partial charge is 0.451 e. The molecule has 4 atom stereocenters. The highest BCUT2D eigenvalue weighted by atomic mass is 16.5. The van der Waals surface area contributed by atoms with Gasteiger partial charge in [0.15, 0.2) is 12.2 Å². The van der Waals surface area contributed by atoms with Crippen LogP contribution in [-0.2, 0) is 19.1 Å². The Balaban J connectivity index is 0.000000135. The van der Waals surface area contributed by atoms with Crippen LogP contribution in [0.5, 0.6) is 0 Å². The van der Waals surface area contributed by atoms with Crippen LogP contribution < -0.4 is 10.6 Å². The summed E-state index contributed by atoms with van der Waals surface area (Å²) in [5, 5.41) is 16.4. The van der Waals surface area contributed by atoms with E-state index in [-0.39, 0.29) is 40.8 Å². The van der Waals surface area contributed by atoms with Gasteiger partial charge in [0.05, 0.1) is 16.7 Å². The van der Waals surface area contributed by atoms with E-state index in [1.54, 1.807) is 0 Å². The van der Waals surface area contributed by atoms with Crippen LogP contribution in [0, 0.1) is 41.4 Å². The summed E-state index contributed by atoms with van der Waals surface area (Å²) in [7, 11) is 0. The number of carbonyl (C=O) groups excluding carboxylic acids is 2. The smallest absolute Gasteiger partial charge is 0.292 e. The van der Waals surface area contributed by atoms with Crippen LogP contribution in [0.4, 0.5) is 0 Å². The first-order valence-corrected chi connectivity index (χ1v) is 16.3.